The molecule has 0 radical (unpaired) electrons. The third-order valence-electron chi connectivity index (χ3n) is 3.45. The predicted molar refractivity (Wildman–Crippen MR) is 88.6 cm³/mol. The van der Waals surface area contributed by atoms with Gasteiger partial charge in [-0.2, -0.15) is 0 Å². The molecule has 20 heavy (non-hydrogen) atoms. The summed E-state index contributed by atoms with van der Waals surface area (Å²) < 4.78 is 6.38. The predicted octanol–water partition coefficient (Wildman–Crippen LogP) is 4.94. The molecule has 2 nitrogen and oxygen atoms in total. The van der Waals surface area contributed by atoms with Crippen molar-refractivity contribution in [1.82, 2.24) is 0 Å². The summed E-state index contributed by atoms with van der Waals surface area (Å²) in [4.78, 5) is 0. The molecule has 0 unspecified atom stereocenters. The fourth-order valence-corrected chi connectivity index (χ4v) is 2.66. The fraction of sp³-hybridized carbons (Fsp3) is 0.294. The second kappa shape index (κ2) is 6.80. The zero-order valence-corrected chi connectivity index (χ0v) is 13.8. The van der Waals surface area contributed by atoms with Gasteiger partial charge >= 0.3 is 0 Å². The van der Waals surface area contributed by atoms with Gasteiger partial charge < -0.3 is 10.1 Å². The molecule has 3 heteroatoms. The van der Waals surface area contributed by atoms with Crippen LogP contribution in [0.25, 0.3) is 0 Å². The average molecular weight is 334 g/mol. The SMILES string of the molecule is CCc1cccc(C)c1NCc1cc(OC)ccc1Br. The Kier molecular flexibility index (Phi) is 5.07. The van der Waals surface area contributed by atoms with Crippen molar-refractivity contribution < 1.29 is 4.74 Å². The third kappa shape index (κ3) is 3.34. The molecule has 0 amide bonds. The first-order valence-electron chi connectivity index (χ1n) is 6.80. The first kappa shape index (κ1) is 14.9. The minimum atomic E-state index is 0.773. The topological polar surface area (TPSA) is 21.3 Å². The highest BCUT2D eigenvalue weighted by Gasteiger charge is 2.06. The first-order chi connectivity index (χ1) is 9.65. The average Bonchev–Trinajstić information content (AvgIpc) is 2.47. The molecule has 0 atom stereocenters. The summed E-state index contributed by atoms with van der Waals surface area (Å²) >= 11 is 3.59. The van der Waals surface area contributed by atoms with Gasteiger partial charge in [-0.05, 0) is 48.2 Å². The lowest BCUT2D eigenvalue weighted by molar-refractivity contribution is 0.414. The van der Waals surface area contributed by atoms with Crippen LogP contribution in [0.2, 0.25) is 0 Å². The number of methoxy groups -OCH3 is 1. The molecule has 2 aromatic carbocycles. The van der Waals surface area contributed by atoms with Crippen LogP contribution < -0.4 is 10.1 Å². The van der Waals surface area contributed by atoms with Crippen LogP contribution in [0, 0.1) is 6.92 Å². The van der Waals surface area contributed by atoms with E-state index in [1.165, 1.54) is 22.4 Å². The quantitative estimate of drug-likeness (QED) is 0.836. The Balaban J connectivity index is 2.21. The van der Waals surface area contributed by atoms with Crippen LogP contribution in [-0.2, 0) is 13.0 Å². The van der Waals surface area contributed by atoms with Crippen molar-refractivity contribution in [1.29, 1.82) is 0 Å². The summed E-state index contributed by atoms with van der Waals surface area (Å²) in [5.74, 6) is 0.880. The van der Waals surface area contributed by atoms with Crippen molar-refractivity contribution in [3.8, 4) is 5.75 Å². The number of rotatable bonds is 5. The maximum atomic E-state index is 5.28. The highest BCUT2D eigenvalue weighted by atomic mass is 79.9. The molecule has 0 aliphatic rings. The molecule has 0 saturated heterocycles. The van der Waals surface area contributed by atoms with Crippen molar-refractivity contribution in [2.75, 3.05) is 12.4 Å². The van der Waals surface area contributed by atoms with E-state index < -0.39 is 0 Å². The zero-order chi connectivity index (χ0) is 14.5. The molecule has 0 aliphatic carbocycles. The minimum Gasteiger partial charge on any atom is -0.497 e. The van der Waals surface area contributed by atoms with E-state index >= 15 is 0 Å². The Morgan fingerprint density at radius 2 is 1.95 bits per heavy atom. The molecule has 0 fully saturated rings. The summed E-state index contributed by atoms with van der Waals surface area (Å²) in [6.45, 7) is 5.10. The van der Waals surface area contributed by atoms with Crippen LogP contribution >= 0.6 is 15.9 Å². The maximum absolute atomic E-state index is 5.28. The number of hydrogen-bond acceptors (Lipinski definition) is 2. The van der Waals surface area contributed by atoms with E-state index in [2.05, 4.69) is 59.4 Å². The molecule has 0 heterocycles. The molecule has 0 aliphatic heterocycles. The number of nitrogens with one attached hydrogen (secondary N) is 1. The largest absolute Gasteiger partial charge is 0.497 e. The molecule has 0 bridgehead atoms. The van der Waals surface area contributed by atoms with E-state index in [1.807, 2.05) is 12.1 Å². The molecule has 2 aromatic rings. The van der Waals surface area contributed by atoms with Gasteiger partial charge in [0.2, 0.25) is 0 Å². The van der Waals surface area contributed by atoms with Gasteiger partial charge in [-0.25, -0.2) is 0 Å². The van der Waals surface area contributed by atoms with Crippen LogP contribution in [-0.4, -0.2) is 7.11 Å². The molecule has 0 saturated carbocycles. The number of halogens is 1. The van der Waals surface area contributed by atoms with Crippen molar-refractivity contribution in [2.24, 2.45) is 0 Å². The van der Waals surface area contributed by atoms with Gasteiger partial charge in [-0.1, -0.05) is 41.1 Å². The minimum absolute atomic E-state index is 0.773. The Bertz CT molecular complexity index is 596. The first-order valence-corrected chi connectivity index (χ1v) is 7.59. The third-order valence-corrected chi connectivity index (χ3v) is 4.22. The van der Waals surface area contributed by atoms with E-state index in [0.29, 0.717) is 0 Å². The van der Waals surface area contributed by atoms with Crippen molar-refractivity contribution in [3.05, 3.63) is 57.6 Å². The highest BCUT2D eigenvalue weighted by Crippen LogP contribution is 2.26. The number of aryl methyl sites for hydroxylation is 2. The van der Waals surface area contributed by atoms with Gasteiger partial charge in [0.25, 0.3) is 0 Å². The highest BCUT2D eigenvalue weighted by molar-refractivity contribution is 9.10. The smallest absolute Gasteiger partial charge is 0.119 e. The van der Waals surface area contributed by atoms with Gasteiger partial charge in [0.15, 0.2) is 0 Å². The Morgan fingerprint density at radius 3 is 2.65 bits per heavy atom. The van der Waals surface area contributed by atoms with E-state index in [-0.39, 0.29) is 0 Å². The number of ether oxygens (including phenoxy) is 1. The molecule has 106 valence electrons. The van der Waals surface area contributed by atoms with Gasteiger partial charge in [0.1, 0.15) is 5.75 Å². The van der Waals surface area contributed by atoms with Crippen LogP contribution in [0.5, 0.6) is 5.75 Å². The number of para-hydroxylation sites is 1. The van der Waals surface area contributed by atoms with Gasteiger partial charge in [0.05, 0.1) is 7.11 Å². The lowest BCUT2D eigenvalue weighted by atomic mass is 10.1. The second-order valence-electron chi connectivity index (χ2n) is 4.77. The number of benzene rings is 2. The fourth-order valence-electron chi connectivity index (χ4n) is 2.27. The van der Waals surface area contributed by atoms with E-state index in [4.69, 9.17) is 4.74 Å². The van der Waals surface area contributed by atoms with Crippen molar-refractivity contribution in [3.63, 3.8) is 0 Å². The van der Waals surface area contributed by atoms with E-state index in [0.717, 1.165) is 23.2 Å². The maximum Gasteiger partial charge on any atom is 0.119 e. The van der Waals surface area contributed by atoms with Gasteiger partial charge in [-0.15, -0.1) is 0 Å². The Morgan fingerprint density at radius 1 is 1.15 bits per heavy atom. The van der Waals surface area contributed by atoms with Crippen molar-refractivity contribution in [2.45, 2.75) is 26.8 Å². The molecule has 1 N–H and O–H groups in total. The normalized spacial score (nSPS) is 10.4. The van der Waals surface area contributed by atoms with Crippen LogP contribution in [0.4, 0.5) is 5.69 Å². The summed E-state index contributed by atoms with van der Waals surface area (Å²) in [5, 5.41) is 3.56. The molecule has 0 spiro atoms. The summed E-state index contributed by atoms with van der Waals surface area (Å²) in [6.07, 6.45) is 1.03. The molecule has 2 rings (SSSR count). The van der Waals surface area contributed by atoms with Crippen LogP contribution in [0.1, 0.15) is 23.6 Å². The van der Waals surface area contributed by atoms with E-state index in [1.54, 1.807) is 7.11 Å². The second-order valence-corrected chi connectivity index (χ2v) is 5.63. The summed E-state index contributed by atoms with van der Waals surface area (Å²) in [5.41, 5.74) is 5.06. The van der Waals surface area contributed by atoms with Gasteiger partial charge in [-0.3, -0.25) is 0 Å². The standard InChI is InChI=1S/C17H20BrNO/c1-4-13-7-5-6-12(2)17(13)19-11-14-10-15(20-3)8-9-16(14)18/h5-10,19H,4,11H2,1-3H3. The summed E-state index contributed by atoms with van der Waals surface area (Å²) in [7, 11) is 1.69. The lowest BCUT2D eigenvalue weighted by Crippen LogP contribution is -2.05. The molecular formula is C17H20BrNO. The monoisotopic (exact) mass is 333 g/mol. The lowest BCUT2D eigenvalue weighted by Gasteiger charge is -2.15. The summed E-state index contributed by atoms with van der Waals surface area (Å²) in [6, 6.07) is 12.5. The number of anilines is 1. The van der Waals surface area contributed by atoms with Crippen LogP contribution in [0.15, 0.2) is 40.9 Å². The zero-order valence-electron chi connectivity index (χ0n) is 12.2. The molecule has 0 aromatic heterocycles. The molecular weight excluding hydrogens is 314 g/mol. The Labute approximate surface area is 129 Å². The number of hydrogen-bond donors (Lipinski definition) is 1. The van der Waals surface area contributed by atoms with Crippen LogP contribution in [0.3, 0.4) is 0 Å². The van der Waals surface area contributed by atoms with Gasteiger partial charge in [0, 0.05) is 16.7 Å². The van der Waals surface area contributed by atoms with E-state index in [9.17, 15) is 0 Å². The Hall–Kier alpha value is -1.48. The van der Waals surface area contributed by atoms with Crippen molar-refractivity contribution >= 4 is 21.6 Å².